The van der Waals surface area contributed by atoms with Crippen LogP contribution in [0.3, 0.4) is 0 Å². The molecule has 0 heterocycles. The Balaban J connectivity index is 2.63. The van der Waals surface area contributed by atoms with Crippen LogP contribution in [0.4, 0.5) is 4.39 Å². The zero-order chi connectivity index (χ0) is 13.8. The number of nitrogens with one attached hydrogen (secondary N) is 1. The van der Waals surface area contributed by atoms with Crippen molar-refractivity contribution in [2.24, 2.45) is 5.41 Å². The smallest absolute Gasteiger partial charge is 0.126 e. The number of aliphatic hydroxyl groups excluding tert-OH is 1. The Labute approximate surface area is 109 Å². The number of hydrogen-bond acceptors (Lipinski definition) is 2. The molecule has 18 heavy (non-hydrogen) atoms. The maximum atomic E-state index is 13.7. The highest BCUT2D eigenvalue weighted by atomic mass is 19.1. The van der Waals surface area contributed by atoms with Crippen molar-refractivity contribution in [1.29, 1.82) is 0 Å². The summed E-state index contributed by atoms with van der Waals surface area (Å²) in [5, 5.41) is 12.5. The number of benzene rings is 1. The summed E-state index contributed by atoms with van der Waals surface area (Å²) in [6.45, 7) is 9.56. The summed E-state index contributed by atoms with van der Waals surface area (Å²) >= 11 is 0. The molecule has 1 rings (SSSR count). The number of aliphatic hydroxyl groups is 1. The molecular formula is C15H24FNO. The lowest BCUT2D eigenvalue weighted by molar-refractivity contribution is 0.155. The Morgan fingerprint density at radius 1 is 1.11 bits per heavy atom. The van der Waals surface area contributed by atoms with Gasteiger partial charge in [-0.3, -0.25) is 0 Å². The molecule has 0 fully saturated rings. The van der Waals surface area contributed by atoms with Crippen molar-refractivity contribution in [2.75, 3.05) is 19.7 Å². The largest absolute Gasteiger partial charge is 0.396 e. The average molecular weight is 253 g/mol. The minimum Gasteiger partial charge on any atom is -0.396 e. The minimum atomic E-state index is -0.267. The van der Waals surface area contributed by atoms with Crippen LogP contribution in [-0.4, -0.2) is 24.8 Å². The molecule has 0 aromatic heterocycles. The molecule has 0 spiro atoms. The van der Waals surface area contributed by atoms with Crippen molar-refractivity contribution in [3.8, 4) is 0 Å². The van der Waals surface area contributed by atoms with Gasteiger partial charge in [-0.1, -0.05) is 45.9 Å². The maximum Gasteiger partial charge on any atom is 0.126 e. The van der Waals surface area contributed by atoms with Crippen LogP contribution in [0, 0.1) is 11.2 Å². The fourth-order valence-corrected chi connectivity index (χ4v) is 1.87. The van der Waals surface area contributed by atoms with Crippen LogP contribution in [0.25, 0.3) is 0 Å². The highest BCUT2D eigenvalue weighted by Gasteiger charge is 2.25. The van der Waals surface area contributed by atoms with Gasteiger partial charge in [0.1, 0.15) is 5.82 Å². The van der Waals surface area contributed by atoms with E-state index in [1.807, 2.05) is 39.8 Å². The van der Waals surface area contributed by atoms with E-state index >= 15 is 0 Å². The molecule has 2 nitrogen and oxygen atoms in total. The molecule has 0 radical (unpaired) electrons. The molecule has 0 unspecified atom stereocenters. The number of halogens is 1. The zero-order valence-electron chi connectivity index (χ0n) is 11.8. The van der Waals surface area contributed by atoms with Gasteiger partial charge in [-0.25, -0.2) is 4.39 Å². The zero-order valence-corrected chi connectivity index (χ0v) is 11.8. The second-order valence-corrected chi connectivity index (χ2v) is 6.29. The minimum absolute atomic E-state index is 0.139. The normalized spacial score (nSPS) is 12.8. The van der Waals surface area contributed by atoms with Gasteiger partial charge < -0.3 is 10.4 Å². The first kappa shape index (κ1) is 15.1. The van der Waals surface area contributed by atoms with Gasteiger partial charge in [0.25, 0.3) is 0 Å². The predicted molar refractivity (Wildman–Crippen MR) is 73.2 cm³/mol. The topological polar surface area (TPSA) is 32.3 Å². The van der Waals surface area contributed by atoms with Crippen molar-refractivity contribution >= 4 is 0 Å². The summed E-state index contributed by atoms with van der Waals surface area (Å²) in [4.78, 5) is 0. The van der Waals surface area contributed by atoms with E-state index in [1.165, 1.54) is 6.07 Å². The van der Waals surface area contributed by atoms with Gasteiger partial charge in [0.05, 0.1) is 0 Å². The third-order valence-electron chi connectivity index (χ3n) is 3.20. The molecule has 0 aliphatic heterocycles. The van der Waals surface area contributed by atoms with Crippen molar-refractivity contribution in [2.45, 2.75) is 33.1 Å². The Bertz CT molecular complexity index is 388. The van der Waals surface area contributed by atoms with Crippen LogP contribution in [0.2, 0.25) is 0 Å². The third kappa shape index (κ3) is 4.07. The van der Waals surface area contributed by atoms with E-state index in [2.05, 4.69) is 5.32 Å². The Kier molecular flexibility index (Phi) is 4.88. The first-order chi connectivity index (χ1) is 8.28. The average Bonchev–Trinajstić information content (AvgIpc) is 2.29. The maximum absolute atomic E-state index is 13.7. The summed E-state index contributed by atoms with van der Waals surface area (Å²) in [6, 6.07) is 6.89. The molecule has 1 aromatic carbocycles. The summed E-state index contributed by atoms with van der Waals surface area (Å²) in [7, 11) is 0. The van der Waals surface area contributed by atoms with E-state index in [0.29, 0.717) is 13.1 Å². The fraction of sp³-hybridized carbons (Fsp3) is 0.600. The van der Waals surface area contributed by atoms with Gasteiger partial charge in [-0.15, -0.1) is 0 Å². The molecule has 102 valence electrons. The molecule has 3 heteroatoms. The van der Waals surface area contributed by atoms with Crippen molar-refractivity contribution in [3.63, 3.8) is 0 Å². The number of rotatable bonds is 6. The van der Waals surface area contributed by atoms with E-state index in [4.69, 9.17) is 0 Å². The molecule has 0 bridgehead atoms. The molecular weight excluding hydrogens is 229 g/mol. The molecule has 0 amide bonds. The highest BCUT2D eigenvalue weighted by molar-refractivity contribution is 5.25. The molecule has 1 aromatic rings. The van der Waals surface area contributed by atoms with Gasteiger partial charge >= 0.3 is 0 Å². The van der Waals surface area contributed by atoms with Gasteiger partial charge in [-0.2, -0.15) is 0 Å². The van der Waals surface area contributed by atoms with Crippen molar-refractivity contribution in [3.05, 3.63) is 35.6 Å². The van der Waals surface area contributed by atoms with E-state index in [9.17, 15) is 9.50 Å². The second kappa shape index (κ2) is 5.81. The quantitative estimate of drug-likeness (QED) is 0.817. The molecule has 0 aliphatic carbocycles. The lowest BCUT2D eigenvalue weighted by Gasteiger charge is -2.29. The van der Waals surface area contributed by atoms with Crippen LogP contribution >= 0.6 is 0 Å². The van der Waals surface area contributed by atoms with E-state index in [1.54, 1.807) is 6.07 Å². The summed E-state index contributed by atoms with van der Waals surface area (Å²) < 4.78 is 13.7. The van der Waals surface area contributed by atoms with E-state index < -0.39 is 0 Å². The van der Waals surface area contributed by atoms with Crippen LogP contribution in [-0.2, 0) is 5.41 Å². The Morgan fingerprint density at radius 3 is 2.28 bits per heavy atom. The van der Waals surface area contributed by atoms with Crippen molar-refractivity contribution < 1.29 is 9.50 Å². The van der Waals surface area contributed by atoms with Crippen LogP contribution in [0.1, 0.15) is 33.3 Å². The fourth-order valence-electron chi connectivity index (χ4n) is 1.87. The lowest BCUT2D eigenvalue weighted by atomic mass is 9.83. The van der Waals surface area contributed by atoms with Gasteiger partial charge in [-0.05, 0) is 11.6 Å². The summed E-state index contributed by atoms with van der Waals surface area (Å²) in [5.74, 6) is -0.161. The second-order valence-electron chi connectivity index (χ2n) is 6.29. The molecule has 0 aliphatic rings. The lowest BCUT2D eigenvalue weighted by Crippen LogP contribution is -2.39. The van der Waals surface area contributed by atoms with Crippen molar-refractivity contribution in [1.82, 2.24) is 5.32 Å². The number of hydrogen-bond donors (Lipinski definition) is 2. The van der Waals surface area contributed by atoms with Gasteiger partial charge in [0.2, 0.25) is 0 Å². The molecule has 0 atom stereocenters. The van der Waals surface area contributed by atoms with Crippen LogP contribution in [0.5, 0.6) is 0 Å². The van der Waals surface area contributed by atoms with Crippen LogP contribution < -0.4 is 5.32 Å². The standard InChI is InChI=1S/C15H24FNO/c1-14(2,11-18)9-17-10-15(3,4)12-7-5-6-8-13(12)16/h5-8,17-18H,9-11H2,1-4H3. The van der Waals surface area contributed by atoms with E-state index in [-0.39, 0.29) is 23.3 Å². The Hall–Kier alpha value is -0.930. The summed E-state index contributed by atoms with van der Waals surface area (Å²) in [6.07, 6.45) is 0. The van der Waals surface area contributed by atoms with Gasteiger partial charge in [0, 0.05) is 30.5 Å². The summed E-state index contributed by atoms with van der Waals surface area (Å²) in [5.41, 5.74) is 0.307. The molecule has 0 saturated carbocycles. The molecule has 0 saturated heterocycles. The van der Waals surface area contributed by atoms with E-state index in [0.717, 1.165) is 5.56 Å². The Morgan fingerprint density at radius 2 is 1.72 bits per heavy atom. The first-order valence-electron chi connectivity index (χ1n) is 6.35. The highest BCUT2D eigenvalue weighted by Crippen LogP contribution is 2.25. The monoisotopic (exact) mass is 253 g/mol. The first-order valence-corrected chi connectivity index (χ1v) is 6.35. The third-order valence-corrected chi connectivity index (χ3v) is 3.20. The molecule has 2 N–H and O–H groups in total. The van der Waals surface area contributed by atoms with Gasteiger partial charge in [0.15, 0.2) is 0 Å². The predicted octanol–water partition coefficient (Wildman–Crippen LogP) is 2.71. The SMILES string of the molecule is CC(C)(CO)CNCC(C)(C)c1ccccc1F. The van der Waals surface area contributed by atoms with Crippen LogP contribution in [0.15, 0.2) is 24.3 Å².